The number of aryl methyl sites for hydroxylation is 1. The highest BCUT2D eigenvalue weighted by Crippen LogP contribution is 2.28. The van der Waals surface area contributed by atoms with Crippen LogP contribution in [0.3, 0.4) is 0 Å². The molecule has 2 rings (SSSR count). The molecule has 0 atom stereocenters. The summed E-state index contributed by atoms with van der Waals surface area (Å²) in [7, 11) is 1.72. The Balaban J connectivity index is 2.23. The lowest BCUT2D eigenvalue weighted by Gasteiger charge is -2.10. The predicted octanol–water partition coefficient (Wildman–Crippen LogP) is 4.04. The van der Waals surface area contributed by atoms with Crippen molar-refractivity contribution in [2.45, 2.75) is 19.9 Å². The van der Waals surface area contributed by atoms with Gasteiger partial charge < -0.3 is 10.1 Å². The first kappa shape index (κ1) is 14.5. The van der Waals surface area contributed by atoms with Gasteiger partial charge in [-0.25, -0.2) is 8.78 Å². The minimum atomic E-state index is -0.699. The Morgan fingerprint density at radius 3 is 2.10 bits per heavy atom. The van der Waals surface area contributed by atoms with Crippen molar-refractivity contribution in [3.8, 4) is 11.5 Å². The molecular weight excluding hydrogens is 260 g/mol. The predicted molar refractivity (Wildman–Crippen MR) is 75.0 cm³/mol. The molecule has 1 N–H and O–H groups in total. The van der Waals surface area contributed by atoms with Crippen LogP contribution in [0.25, 0.3) is 0 Å². The highest BCUT2D eigenvalue weighted by atomic mass is 19.1. The first-order valence-electron chi connectivity index (χ1n) is 6.53. The summed E-state index contributed by atoms with van der Waals surface area (Å²) < 4.78 is 33.0. The number of nitrogens with one attached hydrogen (secondary N) is 1. The molecule has 2 nitrogen and oxygen atoms in total. The van der Waals surface area contributed by atoms with E-state index in [1.807, 2.05) is 19.1 Å². The maximum atomic E-state index is 13.9. The van der Waals surface area contributed by atoms with E-state index in [2.05, 4.69) is 5.32 Å². The molecule has 0 saturated carbocycles. The monoisotopic (exact) mass is 277 g/mol. The van der Waals surface area contributed by atoms with E-state index in [-0.39, 0.29) is 5.75 Å². The Bertz CT molecular complexity index is 559. The van der Waals surface area contributed by atoms with Crippen LogP contribution in [0, 0.1) is 11.6 Å². The van der Waals surface area contributed by atoms with Crippen LogP contribution in [0.1, 0.15) is 18.1 Å². The van der Waals surface area contributed by atoms with Crippen molar-refractivity contribution in [1.82, 2.24) is 5.32 Å². The Labute approximate surface area is 117 Å². The summed E-state index contributed by atoms with van der Waals surface area (Å²) in [4.78, 5) is 0. The Kier molecular flexibility index (Phi) is 4.69. The van der Waals surface area contributed by atoms with Crippen molar-refractivity contribution >= 4 is 0 Å². The zero-order valence-electron chi connectivity index (χ0n) is 11.5. The molecule has 20 heavy (non-hydrogen) atoms. The molecule has 0 radical (unpaired) electrons. The largest absolute Gasteiger partial charge is 0.451 e. The molecule has 106 valence electrons. The van der Waals surface area contributed by atoms with E-state index in [9.17, 15) is 8.78 Å². The minimum Gasteiger partial charge on any atom is -0.451 e. The minimum absolute atomic E-state index is 0.367. The van der Waals surface area contributed by atoms with Gasteiger partial charge in [-0.15, -0.1) is 0 Å². The smallest absolute Gasteiger partial charge is 0.198 e. The van der Waals surface area contributed by atoms with Crippen LogP contribution in [0.5, 0.6) is 11.5 Å². The zero-order chi connectivity index (χ0) is 14.5. The maximum absolute atomic E-state index is 13.9. The number of halogens is 2. The molecule has 0 amide bonds. The zero-order valence-corrected chi connectivity index (χ0v) is 11.5. The van der Waals surface area contributed by atoms with Crippen molar-refractivity contribution in [2.24, 2.45) is 0 Å². The summed E-state index contributed by atoms with van der Waals surface area (Å²) in [6, 6.07) is 9.71. The molecule has 2 aromatic carbocycles. The topological polar surface area (TPSA) is 21.3 Å². The second-order valence-electron chi connectivity index (χ2n) is 4.52. The highest BCUT2D eigenvalue weighted by Gasteiger charge is 2.13. The third-order valence-corrected chi connectivity index (χ3v) is 2.99. The molecule has 0 saturated heterocycles. The Morgan fingerprint density at radius 1 is 1.00 bits per heavy atom. The molecular formula is C16H17F2NO. The summed E-state index contributed by atoms with van der Waals surface area (Å²) in [6.45, 7) is 2.44. The Morgan fingerprint density at radius 2 is 1.60 bits per heavy atom. The fourth-order valence-electron chi connectivity index (χ4n) is 1.93. The lowest BCUT2D eigenvalue weighted by Crippen LogP contribution is -2.06. The van der Waals surface area contributed by atoms with Crippen molar-refractivity contribution < 1.29 is 13.5 Å². The molecule has 0 bridgehead atoms. The van der Waals surface area contributed by atoms with E-state index >= 15 is 0 Å². The van der Waals surface area contributed by atoms with Gasteiger partial charge in [0.15, 0.2) is 17.4 Å². The van der Waals surface area contributed by atoms with E-state index < -0.39 is 11.6 Å². The average Bonchev–Trinajstić information content (AvgIpc) is 2.44. The molecule has 0 aromatic heterocycles. The van der Waals surface area contributed by atoms with Gasteiger partial charge in [0.05, 0.1) is 0 Å². The second kappa shape index (κ2) is 6.48. The van der Waals surface area contributed by atoms with Gasteiger partial charge in [-0.05, 0) is 48.9 Å². The standard InChI is InChI=1S/C16H17F2NO/c1-3-11-4-6-13(7-5-11)20-16-14(17)8-12(10-19-2)9-15(16)18/h4-9,19H,3,10H2,1-2H3. The first-order chi connectivity index (χ1) is 9.63. The fraction of sp³-hybridized carbons (Fsp3) is 0.250. The van der Waals surface area contributed by atoms with E-state index in [1.54, 1.807) is 19.2 Å². The van der Waals surface area contributed by atoms with Gasteiger partial charge in [-0.3, -0.25) is 0 Å². The van der Waals surface area contributed by atoms with E-state index in [4.69, 9.17) is 4.74 Å². The normalized spacial score (nSPS) is 10.6. The van der Waals surface area contributed by atoms with Crippen LogP contribution in [-0.4, -0.2) is 7.05 Å². The third kappa shape index (κ3) is 3.33. The second-order valence-corrected chi connectivity index (χ2v) is 4.52. The van der Waals surface area contributed by atoms with Gasteiger partial charge in [0, 0.05) is 6.54 Å². The van der Waals surface area contributed by atoms with Crippen LogP contribution < -0.4 is 10.1 Å². The molecule has 0 aliphatic rings. The molecule has 0 unspecified atom stereocenters. The summed E-state index contributed by atoms with van der Waals surface area (Å²) in [5.74, 6) is -1.35. The number of ether oxygens (including phenoxy) is 1. The number of hydrogen-bond acceptors (Lipinski definition) is 2. The average molecular weight is 277 g/mol. The third-order valence-electron chi connectivity index (χ3n) is 2.99. The van der Waals surface area contributed by atoms with Crippen molar-refractivity contribution in [3.63, 3.8) is 0 Å². The molecule has 4 heteroatoms. The lowest BCUT2D eigenvalue weighted by atomic mass is 10.1. The molecule has 0 aliphatic heterocycles. The SMILES string of the molecule is CCc1ccc(Oc2c(F)cc(CNC)cc2F)cc1. The molecule has 2 aromatic rings. The summed E-state index contributed by atoms with van der Waals surface area (Å²) >= 11 is 0. The fourth-order valence-corrected chi connectivity index (χ4v) is 1.93. The van der Waals surface area contributed by atoms with E-state index in [1.165, 1.54) is 12.1 Å². The van der Waals surface area contributed by atoms with Gasteiger partial charge in [0.1, 0.15) is 5.75 Å². The van der Waals surface area contributed by atoms with Gasteiger partial charge >= 0.3 is 0 Å². The van der Waals surface area contributed by atoms with Gasteiger partial charge in [-0.2, -0.15) is 0 Å². The van der Waals surface area contributed by atoms with Crippen molar-refractivity contribution in [2.75, 3.05) is 7.05 Å². The molecule has 0 fully saturated rings. The molecule has 0 spiro atoms. The van der Waals surface area contributed by atoms with E-state index in [0.29, 0.717) is 17.9 Å². The maximum Gasteiger partial charge on any atom is 0.198 e. The van der Waals surface area contributed by atoms with Crippen LogP contribution in [0.4, 0.5) is 8.78 Å². The van der Waals surface area contributed by atoms with Gasteiger partial charge in [0.25, 0.3) is 0 Å². The summed E-state index contributed by atoms with van der Waals surface area (Å²) in [6.07, 6.45) is 0.904. The molecule has 0 heterocycles. The van der Waals surface area contributed by atoms with Gasteiger partial charge in [0.2, 0.25) is 0 Å². The number of benzene rings is 2. The summed E-state index contributed by atoms with van der Waals surface area (Å²) in [5.41, 5.74) is 1.68. The van der Waals surface area contributed by atoms with Gasteiger partial charge in [-0.1, -0.05) is 19.1 Å². The van der Waals surface area contributed by atoms with Crippen LogP contribution in [0.15, 0.2) is 36.4 Å². The number of rotatable bonds is 5. The summed E-state index contributed by atoms with van der Waals surface area (Å²) in [5, 5.41) is 2.85. The molecule has 0 aliphatic carbocycles. The van der Waals surface area contributed by atoms with Crippen LogP contribution >= 0.6 is 0 Å². The van der Waals surface area contributed by atoms with E-state index in [0.717, 1.165) is 12.0 Å². The Hall–Kier alpha value is -1.94. The highest BCUT2D eigenvalue weighted by molar-refractivity contribution is 5.37. The first-order valence-corrected chi connectivity index (χ1v) is 6.53. The van der Waals surface area contributed by atoms with Crippen molar-refractivity contribution in [1.29, 1.82) is 0 Å². The quantitative estimate of drug-likeness (QED) is 0.890. The van der Waals surface area contributed by atoms with Crippen molar-refractivity contribution in [3.05, 3.63) is 59.2 Å². The van der Waals surface area contributed by atoms with Crippen LogP contribution in [0.2, 0.25) is 0 Å². The number of hydrogen-bond donors (Lipinski definition) is 1. The van der Waals surface area contributed by atoms with Crippen LogP contribution in [-0.2, 0) is 13.0 Å². The lowest BCUT2D eigenvalue weighted by molar-refractivity contribution is 0.406.